The van der Waals surface area contributed by atoms with Crippen LogP contribution in [0, 0.1) is 5.92 Å². The zero-order valence-electron chi connectivity index (χ0n) is 32.4. The van der Waals surface area contributed by atoms with Gasteiger partial charge in [0.2, 0.25) is 0 Å². The fourth-order valence-electron chi connectivity index (χ4n) is 6.10. The predicted molar refractivity (Wildman–Crippen MR) is 201 cm³/mol. The summed E-state index contributed by atoms with van der Waals surface area (Å²) in [5.74, 6) is -0.107. The molecule has 0 rings (SSSR count). The summed E-state index contributed by atoms with van der Waals surface area (Å²) in [5.41, 5.74) is 0. The van der Waals surface area contributed by atoms with Gasteiger partial charge < -0.3 is 14.2 Å². The van der Waals surface area contributed by atoms with Gasteiger partial charge >= 0.3 is 17.9 Å². The summed E-state index contributed by atoms with van der Waals surface area (Å²) in [7, 11) is 0. The van der Waals surface area contributed by atoms with Crippen LogP contribution < -0.4 is 0 Å². The SMILES string of the molecule is CCCCCCCCCCCCCC(=O)OC[C@@H](COC(=O)CCCCCCCCCCCC)OC(=O)CCCCCCCCC(C)C. The largest absolute Gasteiger partial charge is 0.462 e. The van der Waals surface area contributed by atoms with Crippen LogP contribution in [0.5, 0.6) is 0 Å². The van der Waals surface area contributed by atoms with Crippen molar-refractivity contribution in [2.24, 2.45) is 5.92 Å². The highest BCUT2D eigenvalue weighted by molar-refractivity contribution is 5.71. The fraction of sp³-hybridized carbons (Fsp3) is 0.929. The van der Waals surface area contributed by atoms with Crippen molar-refractivity contribution in [2.45, 2.75) is 233 Å². The van der Waals surface area contributed by atoms with E-state index in [1.807, 2.05) is 0 Å². The lowest BCUT2D eigenvalue weighted by Crippen LogP contribution is -2.30. The Morgan fingerprint density at radius 3 is 1.02 bits per heavy atom. The molecule has 0 unspecified atom stereocenters. The van der Waals surface area contributed by atoms with Gasteiger partial charge in [-0.1, -0.05) is 188 Å². The fourth-order valence-corrected chi connectivity index (χ4v) is 6.10. The van der Waals surface area contributed by atoms with Gasteiger partial charge in [-0.2, -0.15) is 0 Å². The van der Waals surface area contributed by atoms with Gasteiger partial charge in [-0.05, 0) is 25.2 Å². The molecule has 0 aliphatic carbocycles. The Bertz CT molecular complexity index is 721. The Morgan fingerprint density at radius 2 is 0.688 bits per heavy atom. The van der Waals surface area contributed by atoms with Crippen LogP contribution in [-0.2, 0) is 28.6 Å². The minimum absolute atomic E-state index is 0.0655. The van der Waals surface area contributed by atoms with E-state index >= 15 is 0 Å². The third-order valence-electron chi connectivity index (χ3n) is 9.29. The van der Waals surface area contributed by atoms with Crippen molar-refractivity contribution in [2.75, 3.05) is 13.2 Å². The van der Waals surface area contributed by atoms with E-state index in [0.29, 0.717) is 19.3 Å². The van der Waals surface area contributed by atoms with Gasteiger partial charge in [0.1, 0.15) is 13.2 Å². The van der Waals surface area contributed by atoms with E-state index in [4.69, 9.17) is 14.2 Å². The molecule has 0 N–H and O–H groups in total. The van der Waals surface area contributed by atoms with Gasteiger partial charge in [-0.15, -0.1) is 0 Å². The molecule has 0 saturated heterocycles. The van der Waals surface area contributed by atoms with E-state index in [1.54, 1.807) is 0 Å². The maximum absolute atomic E-state index is 12.6. The van der Waals surface area contributed by atoms with E-state index in [1.165, 1.54) is 122 Å². The average molecular weight is 681 g/mol. The number of hydrogen-bond donors (Lipinski definition) is 0. The minimum Gasteiger partial charge on any atom is -0.462 e. The van der Waals surface area contributed by atoms with Crippen LogP contribution in [0.1, 0.15) is 227 Å². The third kappa shape index (κ3) is 35.7. The minimum atomic E-state index is -0.758. The quantitative estimate of drug-likeness (QED) is 0.0369. The lowest BCUT2D eigenvalue weighted by atomic mass is 10.0. The van der Waals surface area contributed by atoms with Gasteiger partial charge in [-0.25, -0.2) is 0 Å². The molecule has 0 aliphatic rings. The summed E-state index contributed by atoms with van der Waals surface area (Å²) < 4.78 is 16.6. The van der Waals surface area contributed by atoms with Crippen molar-refractivity contribution in [1.82, 2.24) is 0 Å². The summed E-state index contributed by atoms with van der Waals surface area (Å²) in [5, 5.41) is 0. The van der Waals surface area contributed by atoms with Crippen LogP contribution in [0.25, 0.3) is 0 Å². The molecule has 0 aliphatic heterocycles. The first-order chi connectivity index (χ1) is 23.4. The highest BCUT2D eigenvalue weighted by atomic mass is 16.6. The number of carbonyl (C=O) groups excluding carboxylic acids is 3. The molecule has 0 fully saturated rings. The number of unbranched alkanes of at least 4 members (excludes halogenated alkanes) is 24. The second-order valence-electron chi connectivity index (χ2n) is 14.7. The molecule has 0 aromatic heterocycles. The average Bonchev–Trinajstić information content (AvgIpc) is 3.06. The Balaban J connectivity index is 4.33. The second-order valence-corrected chi connectivity index (χ2v) is 14.7. The molecular weight excluding hydrogens is 600 g/mol. The molecule has 6 heteroatoms. The Kier molecular flexibility index (Phi) is 35.5. The molecule has 0 heterocycles. The van der Waals surface area contributed by atoms with Crippen molar-refractivity contribution >= 4 is 17.9 Å². The molecule has 48 heavy (non-hydrogen) atoms. The summed E-state index contributed by atoms with van der Waals surface area (Å²) in [6.45, 7) is 8.89. The second kappa shape index (κ2) is 36.7. The molecule has 0 spiro atoms. The molecule has 0 aromatic rings. The standard InChI is InChI=1S/C42H80O6/c1-5-7-9-11-13-15-17-19-21-26-30-34-41(44)47-37-39(48-42(45)35-31-27-23-22-24-28-32-38(3)4)36-46-40(43)33-29-25-20-18-16-14-12-10-8-6-2/h38-39H,5-37H2,1-4H3/t39-/m1/s1. The van der Waals surface area contributed by atoms with E-state index in [9.17, 15) is 14.4 Å². The van der Waals surface area contributed by atoms with Crippen molar-refractivity contribution in [3.05, 3.63) is 0 Å². The first-order valence-corrected chi connectivity index (χ1v) is 20.9. The Hall–Kier alpha value is -1.59. The van der Waals surface area contributed by atoms with E-state index in [-0.39, 0.29) is 31.1 Å². The molecular formula is C42H80O6. The summed E-state index contributed by atoms with van der Waals surface area (Å²) in [6.07, 6.45) is 33.8. The molecule has 0 amide bonds. The van der Waals surface area contributed by atoms with Gasteiger partial charge in [-0.3, -0.25) is 14.4 Å². The van der Waals surface area contributed by atoms with Crippen molar-refractivity contribution in [3.8, 4) is 0 Å². The summed E-state index contributed by atoms with van der Waals surface area (Å²) in [6, 6.07) is 0. The Morgan fingerprint density at radius 1 is 0.396 bits per heavy atom. The molecule has 0 radical (unpaired) electrons. The van der Waals surface area contributed by atoms with Crippen LogP contribution in [0.15, 0.2) is 0 Å². The number of ether oxygens (including phenoxy) is 3. The van der Waals surface area contributed by atoms with Gasteiger partial charge in [0.15, 0.2) is 6.10 Å². The summed E-state index contributed by atoms with van der Waals surface area (Å²) in [4.78, 5) is 37.5. The first-order valence-electron chi connectivity index (χ1n) is 20.9. The van der Waals surface area contributed by atoms with Crippen LogP contribution in [0.4, 0.5) is 0 Å². The zero-order valence-corrected chi connectivity index (χ0v) is 32.4. The molecule has 284 valence electrons. The van der Waals surface area contributed by atoms with E-state index in [0.717, 1.165) is 63.7 Å². The van der Waals surface area contributed by atoms with Crippen LogP contribution in [0.3, 0.4) is 0 Å². The molecule has 0 bridgehead atoms. The van der Waals surface area contributed by atoms with Crippen LogP contribution >= 0.6 is 0 Å². The Labute approximate surface area is 298 Å². The highest BCUT2D eigenvalue weighted by Crippen LogP contribution is 2.15. The third-order valence-corrected chi connectivity index (χ3v) is 9.29. The summed E-state index contributed by atoms with van der Waals surface area (Å²) >= 11 is 0. The van der Waals surface area contributed by atoms with Crippen LogP contribution in [-0.4, -0.2) is 37.2 Å². The van der Waals surface area contributed by atoms with Gasteiger partial charge in [0, 0.05) is 19.3 Å². The lowest BCUT2D eigenvalue weighted by molar-refractivity contribution is -0.167. The van der Waals surface area contributed by atoms with E-state index in [2.05, 4.69) is 27.7 Å². The van der Waals surface area contributed by atoms with Gasteiger partial charge in [0.25, 0.3) is 0 Å². The lowest BCUT2D eigenvalue weighted by Gasteiger charge is -2.18. The van der Waals surface area contributed by atoms with Crippen LogP contribution in [0.2, 0.25) is 0 Å². The first kappa shape index (κ1) is 46.4. The number of esters is 3. The number of hydrogen-bond acceptors (Lipinski definition) is 6. The van der Waals surface area contributed by atoms with Crippen molar-refractivity contribution in [3.63, 3.8) is 0 Å². The van der Waals surface area contributed by atoms with E-state index < -0.39 is 6.10 Å². The van der Waals surface area contributed by atoms with Gasteiger partial charge in [0.05, 0.1) is 0 Å². The number of carbonyl (C=O) groups is 3. The maximum Gasteiger partial charge on any atom is 0.306 e. The predicted octanol–water partition coefficient (Wildman–Crippen LogP) is 12.8. The maximum atomic E-state index is 12.6. The molecule has 6 nitrogen and oxygen atoms in total. The zero-order chi connectivity index (χ0) is 35.3. The smallest absolute Gasteiger partial charge is 0.306 e. The monoisotopic (exact) mass is 681 g/mol. The van der Waals surface area contributed by atoms with Crippen molar-refractivity contribution in [1.29, 1.82) is 0 Å². The molecule has 1 atom stereocenters. The topological polar surface area (TPSA) is 78.9 Å². The number of rotatable bonds is 37. The van der Waals surface area contributed by atoms with Crippen molar-refractivity contribution < 1.29 is 28.6 Å². The highest BCUT2D eigenvalue weighted by Gasteiger charge is 2.19. The normalized spacial score (nSPS) is 11.9. The molecule has 0 saturated carbocycles. The molecule has 0 aromatic carbocycles.